The molecule has 0 aliphatic carbocycles. The fourth-order valence-corrected chi connectivity index (χ4v) is 2.07. The quantitative estimate of drug-likeness (QED) is 0.689. The van der Waals surface area contributed by atoms with Crippen LogP contribution in [0.15, 0.2) is 36.4 Å². The molecule has 2 aromatic rings. The van der Waals surface area contributed by atoms with Gasteiger partial charge in [-0.05, 0) is 36.8 Å². The molecule has 1 N–H and O–H groups in total. The predicted octanol–water partition coefficient (Wildman–Crippen LogP) is 3.95. The summed E-state index contributed by atoms with van der Waals surface area (Å²) in [6.45, 7) is 1.63. The van der Waals surface area contributed by atoms with Gasteiger partial charge in [-0.15, -0.1) is 0 Å². The molecule has 0 spiro atoms. The third-order valence-corrected chi connectivity index (χ3v) is 3.25. The van der Waals surface area contributed by atoms with Crippen molar-refractivity contribution in [3.8, 4) is 0 Å². The number of aryl methyl sites for hydroxylation is 1. The van der Waals surface area contributed by atoms with Crippen LogP contribution in [0.4, 0.5) is 15.8 Å². The molecule has 0 saturated carbocycles. The molecule has 0 fully saturated rings. The first kappa shape index (κ1) is 14.9. The van der Waals surface area contributed by atoms with E-state index in [9.17, 15) is 19.3 Å². The number of amides is 1. The molecule has 0 radical (unpaired) electrons. The molecule has 1 amide bonds. The first-order valence-corrected chi connectivity index (χ1v) is 6.28. The Morgan fingerprint density at radius 1 is 1.33 bits per heavy atom. The molecule has 108 valence electrons. The zero-order valence-electron chi connectivity index (χ0n) is 10.9. The van der Waals surface area contributed by atoms with Gasteiger partial charge >= 0.3 is 0 Å². The van der Waals surface area contributed by atoms with Crippen molar-refractivity contribution < 1.29 is 14.1 Å². The molecule has 0 aliphatic rings. The molecular formula is C14H10ClFN2O3. The van der Waals surface area contributed by atoms with Crippen LogP contribution in [0.5, 0.6) is 0 Å². The van der Waals surface area contributed by atoms with Gasteiger partial charge in [-0.3, -0.25) is 14.9 Å². The van der Waals surface area contributed by atoms with E-state index in [4.69, 9.17) is 11.6 Å². The number of rotatable bonds is 3. The third kappa shape index (κ3) is 3.17. The number of nitrogens with zero attached hydrogens (tertiary/aromatic N) is 1. The smallest absolute Gasteiger partial charge is 0.288 e. The fraction of sp³-hybridized carbons (Fsp3) is 0.0714. The standard InChI is InChI=1S/C14H10ClFN2O3/c1-8-7-9(16)5-6-11(8)17-14(19)10-3-2-4-12(13(10)15)18(20)21/h2-7H,1H3,(H,17,19). The van der Waals surface area contributed by atoms with Crippen molar-refractivity contribution in [1.82, 2.24) is 0 Å². The fourth-order valence-electron chi connectivity index (χ4n) is 1.79. The molecule has 0 aromatic heterocycles. The molecule has 7 heteroatoms. The van der Waals surface area contributed by atoms with Crippen LogP contribution in [0.1, 0.15) is 15.9 Å². The molecule has 21 heavy (non-hydrogen) atoms. The topological polar surface area (TPSA) is 72.2 Å². The van der Waals surface area contributed by atoms with Crippen molar-refractivity contribution in [3.05, 3.63) is 68.5 Å². The maximum absolute atomic E-state index is 13.0. The van der Waals surface area contributed by atoms with E-state index in [1.54, 1.807) is 6.92 Å². The number of benzene rings is 2. The van der Waals surface area contributed by atoms with Crippen LogP contribution in [-0.4, -0.2) is 10.8 Å². The maximum Gasteiger partial charge on any atom is 0.288 e. The van der Waals surface area contributed by atoms with Gasteiger partial charge < -0.3 is 5.32 Å². The van der Waals surface area contributed by atoms with Gasteiger partial charge in [0.1, 0.15) is 10.8 Å². The molecule has 0 aliphatic heterocycles. The Balaban J connectivity index is 2.33. The van der Waals surface area contributed by atoms with Crippen LogP contribution in [0.3, 0.4) is 0 Å². The number of halogens is 2. The minimum atomic E-state index is -0.664. The number of anilines is 1. The highest BCUT2D eigenvalue weighted by atomic mass is 35.5. The summed E-state index contributed by atoms with van der Waals surface area (Å²) in [6, 6.07) is 7.85. The molecule has 5 nitrogen and oxygen atoms in total. The lowest BCUT2D eigenvalue weighted by molar-refractivity contribution is -0.384. The van der Waals surface area contributed by atoms with Crippen LogP contribution in [-0.2, 0) is 0 Å². The van der Waals surface area contributed by atoms with Crippen molar-refractivity contribution in [2.75, 3.05) is 5.32 Å². The van der Waals surface area contributed by atoms with E-state index in [0.29, 0.717) is 11.3 Å². The number of nitro groups is 1. The minimum absolute atomic E-state index is 0.0189. The minimum Gasteiger partial charge on any atom is -0.322 e. The van der Waals surface area contributed by atoms with Crippen LogP contribution < -0.4 is 5.32 Å². The Hall–Kier alpha value is -2.47. The van der Waals surface area contributed by atoms with Gasteiger partial charge in [0.05, 0.1) is 10.5 Å². The zero-order chi connectivity index (χ0) is 15.6. The zero-order valence-corrected chi connectivity index (χ0v) is 11.6. The average Bonchev–Trinajstić information content (AvgIpc) is 2.41. The summed E-state index contributed by atoms with van der Waals surface area (Å²) >= 11 is 5.87. The summed E-state index contributed by atoms with van der Waals surface area (Å²) in [5.74, 6) is -1.02. The second-order valence-corrected chi connectivity index (χ2v) is 4.69. The number of nitro benzene ring substituents is 1. The number of carbonyl (C=O) groups excluding carboxylic acids is 1. The summed E-state index contributed by atoms with van der Waals surface area (Å²) < 4.78 is 13.0. The Morgan fingerprint density at radius 2 is 2.05 bits per heavy atom. The average molecular weight is 309 g/mol. The van der Waals surface area contributed by atoms with Gasteiger partial charge in [0.15, 0.2) is 0 Å². The Morgan fingerprint density at radius 3 is 2.67 bits per heavy atom. The van der Waals surface area contributed by atoms with Crippen molar-refractivity contribution >= 4 is 28.9 Å². The van der Waals surface area contributed by atoms with E-state index in [1.807, 2.05) is 0 Å². The predicted molar refractivity (Wildman–Crippen MR) is 77.2 cm³/mol. The molecular weight excluding hydrogens is 299 g/mol. The van der Waals surface area contributed by atoms with Gasteiger partial charge in [-0.1, -0.05) is 17.7 Å². The summed E-state index contributed by atoms with van der Waals surface area (Å²) in [5.41, 5.74) is 0.573. The number of nitrogens with one attached hydrogen (secondary N) is 1. The van der Waals surface area contributed by atoms with Crippen molar-refractivity contribution in [1.29, 1.82) is 0 Å². The number of hydrogen-bond donors (Lipinski definition) is 1. The molecule has 0 saturated heterocycles. The highest BCUT2D eigenvalue weighted by Crippen LogP contribution is 2.28. The SMILES string of the molecule is Cc1cc(F)ccc1NC(=O)c1cccc([N+](=O)[O-])c1Cl. The normalized spacial score (nSPS) is 10.2. The lowest BCUT2D eigenvalue weighted by atomic mass is 10.1. The van der Waals surface area contributed by atoms with E-state index < -0.39 is 16.6 Å². The third-order valence-electron chi connectivity index (χ3n) is 2.86. The largest absolute Gasteiger partial charge is 0.322 e. The van der Waals surface area contributed by atoms with E-state index in [0.717, 1.165) is 0 Å². The molecule has 0 heterocycles. The maximum atomic E-state index is 13.0. The van der Waals surface area contributed by atoms with E-state index in [2.05, 4.69) is 5.32 Å². The van der Waals surface area contributed by atoms with E-state index >= 15 is 0 Å². The summed E-state index contributed by atoms with van der Waals surface area (Å²) in [5, 5.41) is 13.1. The van der Waals surface area contributed by atoms with Crippen molar-refractivity contribution in [2.45, 2.75) is 6.92 Å². The molecule has 0 unspecified atom stereocenters. The van der Waals surface area contributed by atoms with Crippen molar-refractivity contribution in [2.24, 2.45) is 0 Å². The monoisotopic (exact) mass is 308 g/mol. The first-order valence-electron chi connectivity index (χ1n) is 5.90. The van der Waals surface area contributed by atoms with Crippen molar-refractivity contribution in [3.63, 3.8) is 0 Å². The number of carbonyl (C=O) groups is 1. The molecule has 0 atom stereocenters. The molecule has 2 aromatic carbocycles. The highest BCUT2D eigenvalue weighted by Gasteiger charge is 2.20. The molecule has 0 bridgehead atoms. The summed E-state index contributed by atoms with van der Waals surface area (Å²) in [4.78, 5) is 22.3. The Bertz CT molecular complexity index is 734. The van der Waals surface area contributed by atoms with Gasteiger partial charge in [-0.2, -0.15) is 0 Å². The lowest BCUT2D eigenvalue weighted by Gasteiger charge is -2.09. The van der Waals surface area contributed by atoms with Gasteiger partial charge in [-0.25, -0.2) is 4.39 Å². The Labute approximate surface area is 124 Å². The lowest BCUT2D eigenvalue weighted by Crippen LogP contribution is -2.14. The number of hydrogen-bond acceptors (Lipinski definition) is 3. The highest BCUT2D eigenvalue weighted by molar-refractivity contribution is 6.36. The summed E-state index contributed by atoms with van der Waals surface area (Å²) in [7, 11) is 0. The van der Waals surface area contributed by atoms with Gasteiger partial charge in [0, 0.05) is 11.8 Å². The second-order valence-electron chi connectivity index (χ2n) is 4.31. The Kier molecular flexibility index (Phi) is 4.18. The van der Waals surface area contributed by atoms with Crippen LogP contribution >= 0.6 is 11.6 Å². The van der Waals surface area contributed by atoms with E-state index in [-0.39, 0.29) is 16.3 Å². The van der Waals surface area contributed by atoms with E-state index in [1.165, 1.54) is 36.4 Å². The van der Waals surface area contributed by atoms with Gasteiger partial charge in [0.2, 0.25) is 0 Å². The van der Waals surface area contributed by atoms with Gasteiger partial charge in [0.25, 0.3) is 11.6 Å². The van der Waals surface area contributed by atoms with Crippen LogP contribution in [0, 0.1) is 22.9 Å². The van der Waals surface area contributed by atoms with Crippen LogP contribution in [0.2, 0.25) is 5.02 Å². The molecule has 2 rings (SSSR count). The first-order chi connectivity index (χ1) is 9.90. The summed E-state index contributed by atoms with van der Waals surface area (Å²) in [6.07, 6.45) is 0. The van der Waals surface area contributed by atoms with Crippen LogP contribution in [0.25, 0.3) is 0 Å². The second kappa shape index (κ2) is 5.88.